The summed E-state index contributed by atoms with van der Waals surface area (Å²) >= 11 is 7.73. The van der Waals surface area contributed by atoms with Crippen molar-refractivity contribution >= 4 is 22.9 Å². The molecule has 2 heterocycles. The molecule has 19 heavy (non-hydrogen) atoms. The van der Waals surface area contributed by atoms with Crippen molar-refractivity contribution in [3.63, 3.8) is 0 Å². The van der Waals surface area contributed by atoms with Crippen LogP contribution in [0.25, 0.3) is 0 Å². The van der Waals surface area contributed by atoms with E-state index in [4.69, 9.17) is 11.6 Å². The summed E-state index contributed by atoms with van der Waals surface area (Å²) in [6, 6.07) is 0.956. The first kappa shape index (κ1) is 15.2. The number of aromatic nitrogens is 1. The highest BCUT2D eigenvalue weighted by Crippen LogP contribution is 2.38. The second-order valence-electron chi connectivity index (χ2n) is 5.59. The van der Waals surface area contributed by atoms with Crippen LogP contribution >= 0.6 is 22.9 Å². The largest absolute Gasteiger partial charge is 0.319 e. The van der Waals surface area contributed by atoms with Gasteiger partial charge in [0.1, 0.15) is 9.34 Å². The van der Waals surface area contributed by atoms with Crippen molar-refractivity contribution in [2.75, 3.05) is 20.1 Å². The molecule has 0 aromatic carbocycles. The van der Waals surface area contributed by atoms with E-state index in [0.717, 1.165) is 10.9 Å². The van der Waals surface area contributed by atoms with Crippen LogP contribution in [-0.2, 0) is 0 Å². The summed E-state index contributed by atoms with van der Waals surface area (Å²) in [5, 5.41) is 4.53. The van der Waals surface area contributed by atoms with Gasteiger partial charge >= 0.3 is 0 Å². The van der Waals surface area contributed by atoms with E-state index in [1.54, 1.807) is 17.5 Å². The minimum atomic E-state index is 0.410. The van der Waals surface area contributed by atoms with Crippen molar-refractivity contribution in [2.24, 2.45) is 5.92 Å². The summed E-state index contributed by atoms with van der Waals surface area (Å²) in [5.41, 5.74) is 0. The molecule has 1 aromatic heterocycles. The van der Waals surface area contributed by atoms with Gasteiger partial charge < -0.3 is 5.32 Å². The summed E-state index contributed by atoms with van der Waals surface area (Å²) in [5.74, 6) is 0.622. The molecule has 2 rings (SSSR count). The van der Waals surface area contributed by atoms with Gasteiger partial charge in [-0.3, -0.25) is 4.90 Å². The molecule has 108 valence electrons. The van der Waals surface area contributed by atoms with E-state index in [0.29, 0.717) is 18.0 Å². The van der Waals surface area contributed by atoms with Crippen LogP contribution in [-0.4, -0.2) is 36.1 Å². The zero-order valence-electron chi connectivity index (χ0n) is 12.0. The molecule has 1 saturated heterocycles. The van der Waals surface area contributed by atoms with Gasteiger partial charge in [-0.2, -0.15) is 0 Å². The molecule has 1 aliphatic rings. The highest BCUT2D eigenvalue weighted by atomic mass is 35.5. The third kappa shape index (κ3) is 3.69. The van der Waals surface area contributed by atoms with Gasteiger partial charge in [0.15, 0.2) is 0 Å². The second-order valence-corrected chi connectivity index (χ2v) is 7.29. The van der Waals surface area contributed by atoms with Crippen molar-refractivity contribution < 1.29 is 0 Å². The van der Waals surface area contributed by atoms with Gasteiger partial charge in [-0.25, -0.2) is 4.98 Å². The highest BCUT2D eigenvalue weighted by Gasteiger charge is 2.34. The smallest absolute Gasteiger partial charge is 0.113 e. The predicted octanol–water partition coefficient (Wildman–Crippen LogP) is 3.57. The molecule has 3 nitrogen and oxygen atoms in total. The fourth-order valence-corrected chi connectivity index (χ4v) is 4.22. The minimum absolute atomic E-state index is 0.410. The summed E-state index contributed by atoms with van der Waals surface area (Å²) in [7, 11) is 2.04. The molecule has 1 N–H and O–H groups in total. The number of nitrogens with zero attached hydrogens (tertiary/aromatic N) is 2. The molecule has 5 heteroatoms. The van der Waals surface area contributed by atoms with Gasteiger partial charge in [0.2, 0.25) is 0 Å². The number of hydrogen-bond donors (Lipinski definition) is 1. The third-order valence-corrected chi connectivity index (χ3v) is 5.11. The van der Waals surface area contributed by atoms with E-state index in [1.807, 2.05) is 7.05 Å². The molecule has 1 aromatic rings. The molecule has 2 atom stereocenters. The van der Waals surface area contributed by atoms with Crippen LogP contribution in [0.1, 0.15) is 44.2 Å². The minimum Gasteiger partial charge on any atom is -0.319 e. The van der Waals surface area contributed by atoms with Gasteiger partial charge in [0.25, 0.3) is 0 Å². The molecule has 0 amide bonds. The Labute approximate surface area is 125 Å². The Morgan fingerprint density at radius 2 is 2.32 bits per heavy atom. The summed E-state index contributed by atoms with van der Waals surface area (Å²) in [6.07, 6.45) is 5.66. The van der Waals surface area contributed by atoms with Crippen molar-refractivity contribution in [1.29, 1.82) is 0 Å². The summed E-state index contributed by atoms with van der Waals surface area (Å²) < 4.78 is 0.797. The molecule has 0 radical (unpaired) electrons. The molecule has 0 saturated carbocycles. The van der Waals surface area contributed by atoms with Crippen LogP contribution < -0.4 is 5.32 Å². The van der Waals surface area contributed by atoms with E-state index in [9.17, 15) is 0 Å². The Balaban J connectivity index is 2.30. The molecule has 0 spiro atoms. The Kier molecular flexibility index (Phi) is 5.63. The molecular formula is C14H24ClN3S. The van der Waals surface area contributed by atoms with Crippen LogP contribution in [0.3, 0.4) is 0 Å². The maximum absolute atomic E-state index is 6.09. The van der Waals surface area contributed by atoms with Crippen LogP contribution in [0, 0.1) is 5.92 Å². The van der Waals surface area contributed by atoms with E-state index < -0.39 is 0 Å². The zero-order valence-corrected chi connectivity index (χ0v) is 13.6. The number of rotatable bonds is 4. The maximum atomic E-state index is 6.09. The maximum Gasteiger partial charge on any atom is 0.113 e. The normalized spacial score (nSPS) is 25.7. The lowest BCUT2D eigenvalue weighted by Crippen LogP contribution is -2.40. The van der Waals surface area contributed by atoms with Gasteiger partial charge in [0.05, 0.1) is 12.2 Å². The van der Waals surface area contributed by atoms with Gasteiger partial charge in [-0.1, -0.05) is 18.0 Å². The van der Waals surface area contributed by atoms with Gasteiger partial charge in [-0.15, -0.1) is 11.3 Å². The fourth-order valence-electron chi connectivity index (χ4n) is 3.07. The second kappa shape index (κ2) is 7.02. The van der Waals surface area contributed by atoms with Crippen LogP contribution in [0.4, 0.5) is 0 Å². The molecule has 2 unspecified atom stereocenters. The monoisotopic (exact) mass is 301 g/mol. The lowest BCUT2D eigenvalue weighted by Gasteiger charge is -2.36. The van der Waals surface area contributed by atoms with E-state index >= 15 is 0 Å². The lowest BCUT2D eigenvalue weighted by atomic mass is 9.94. The number of thiazole rings is 1. The molecule has 0 bridgehead atoms. The van der Waals surface area contributed by atoms with Crippen LogP contribution in [0.5, 0.6) is 0 Å². The quantitative estimate of drug-likeness (QED) is 0.921. The van der Waals surface area contributed by atoms with Crippen molar-refractivity contribution in [2.45, 2.75) is 45.2 Å². The Hall–Kier alpha value is -0.160. The summed E-state index contributed by atoms with van der Waals surface area (Å²) in [6.45, 7) is 6.78. The number of likely N-dealkylation sites (tertiary alicyclic amines) is 1. The summed E-state index contributed by atoms with van der Waals surface area (Å²) in [4.78, 5) is 7.16. The Bertz CT molecular complexity index is 394. The van der Waals surface area contributed by atoms with Crippen molar-refractivity contribution in [1.82, 2.24) is 15.2 Å². The first-order valence-corrected chi connectivity index (χ1v) is 8.34. The molecule has 1 fully saturated rings. The SMILES string of the molecule is CNCC1CCCCN(C(C)C)C1c1ncc(Cl)s1. The Morgan fingerprint density at radius 3 is 2.89 bits per heavy atom. The van der Waals surface area contributed by atoms with Crippen molar-refractivity contribution in [3.05, 3.63) is 15.5 Å². The van der Waals surface area contributed by atoms with Crippen LogP contribution in [0.2, 0.25) is 4.34 Å². The first-order chi connectivity index (χ1) is 9.13. The number of halogens is 1. The first-order valence-electron chi connectivity index (χ1n) is 7.15. The molecule has 1 aliphatic heterocycles. The van der Waals surface area contributed by atoms with E-state index in [-0.39, 0.29) is 0 Å². The number of nitrogens with one attached hydrogen (secondary N) is 1. The van der Waals surface area contributed by atoms with E-state index in [1.165, 1.54) is 30.8 Å². The average molecular weight is 302 g/mol. The lowest BCUT2D eigenvalue weighted by molar-refractivity contribution is 0.118. The highest BCUT2D eigenvalue weighted by molar-refractivity contribution is 7.15. The van der Waals surface area contributed by atoms with E-state index in [2.05, 4.69) is 29.0 Å². The fraction of sp³-hybridized carbons (Fsp3) is 0.786. The number of hydrogen-bond acceptors (Lipinski definition) is 4. The molecular weight excluding hydrogens is 278 g/mol. The topological polar surface area (TPSA) is 28.2 Å². The standard InChI is InChI=1S/C14H24ClN3S/c1-10(2)18-7-5-4-6-11(8-16-3)13(18)14-17-9-12(15)19-14/h9-11,13,16H,4-8H2,1-3H3. The van der Waals surface area contributed by atoms with Crippen molar-refractivity contribution in [3.8, 4) is 0 Å². The zero-order chi connectivity index (χ0) is 13.8. The predicted molar refractivity (Wildman–Crippen MR) is 83.0 cm³/mol. The molecule has 0 aliphatic carbocycles. The van der Waals surface area contributed by atoms with Gasteiger partial charge in [-0.05, 0) is 52.7 Å². The van der Waals surface area contributed by atoms with Crippen LogP contribution in [0.15, 0.2) is 6.20 Å². The van der Waals surface area contributed by atoms with Gasteiger partial charge in [0, 0.05) is 6.04 Å². The third-order valence-electron chi connectivity index (χ3n) is 3.92. The average Bonchev–Trinajstić information content (AvgIpc) is 2.67. The Morgan fingerprint density at radius 1 is 1.53 bits per heavy atom.